The quantitative estimate of drug-likeness (QED) is 0.199. The van der Waals surface area contributed by atoms with E-state index in [1.807, 2.05) is 36.3 Å². The average Bonchev–Trinajstić information content (AvgIpc) is 3.64. The molecular formula is C42H57N5O4. The number of amides is 2. The van der Waals surface area contributed by atoms with Crippen LogP contribution in [-0.2, 0) is 14.9 Å². The van der Waals surface area contributed by atoms with Crippen LogP contribution >= 0.6 is 0 Å². The number of anilines is 1. The summed E-state index contributed by atoms with van der Waals surface area (Å²) in [6.45, 7) is 11.1. The average molecular weight is 696 g/mol. The van der Waals surface area contributed by atoms with E-state index in [0.717, 1.165) is 107 Å². The number of carbonyl (C=O) groups is 2. The topological polar surface area (TPSA) is 89.8 Å². The molecule has 0 spiro atoms. The Bertz CT molecular complexity index is 1680. The van der Waals surface area contributed by atoms with E-state index in [-0.39, 0.29) is 41.4 Å². The molecule has 1 unspecified atom stereocenters. The predicted molar refractivity (Wildman–Crippen MR) is 200 cm³/mol. The summed E-state index contributed by atoms with van der Waals surface area (Å²) in [5.74, 6) is 3.14. The van der Waals surface area contributed by atoms with Gasteiger partial charge in [0, 0.05) is 43.5 Å². The molecule has 51 heavy (non-hydrogen) atoms. The van der Waals surface area contributed by atoms with E-state index in [1.165, 1.54) is 17.5 Å². The van der Waals surface area contributed by atoms with Gasteiger partial charge in [-0.2, -0.15) is 5.10 Å². The van der Waals surface area contributed by atoms with E-state index < -0.39 is 0 Å². The summed E-state index contributed by atoms with van der Waals surface area (Å²) >= 11 is 0. The van der Waals surface area contributed by atoms with Crippen LogP contribution in [0.2, 0.25) is 0 Å². The van der Waals surface area contributed by atoms with Crippen molar-refractivity contribution in [3.8, 4) is 16.9 Å². The van der Waals surface area contributed by atoms with Gasteiger partial charge in [-0.05, 0) is 123 Å². The first-order chi connectivity index (χ1) is 24.6. The lowest BCUT2D eigenvalue weighted by molar-refractivity contribution is -0.124. The smallest absolute Gasteiger partial charge is 0.409 e. The minimum Gasteiger partial charge on any atom is -0.496 e. The van der Waals surface area contributed by atoms with Crippen LogP contribution in [0.3, 0.4) is 0 Å². The maximum Gasteiger partial charge on any atom is 0.409 e. The Morgan fingerprint density at radius 2 is 1.69 bits per heavy atom. The zero-order valence-electron chi connectivity index (χ0n) is 31.4. The number of rotatable bonds is 11. The van der Waals surface area contributed by atoms with Gasteiger partial charge in [-0.3, -0.25) is 14.4 Å². The molecule has 1 aromatic carbocycles. The molecule has 274 valence electrons. The molecule has 1 aliphatic heterocycles. The Balaban J connectivity index is 1.06. The van der Waals surface area contributed by atoms with Crippen LogP contribution in [0.1, 0.15) is 109 Å². The van der Waals surface area contributed by atoms with Crippen molar-refractivity contribution in [1.29, 1.82) is 0 Å². The standard InChI is InChI=1S/C42H57N5O4/c1-29(2)35-24-45(25-35)40(49)51-27-31(4)47-26-34(23-44-47)33-13-20-43-38(22-33)46(39(48)32-9-7-6-8-10-32)28-41-14-17-42(18-15-41,19-16-41)36-11-12-37(50-5)30(3)21-36/h11-13,20-23,26,29,31-32,35H,6-10,14-19,24-25,27-28H2,1-5H3. The monoisotopic (exact) mass is 695 g/mol. The molecule has 4 aliphatic carbocycles. The van der Waals surface area contributed by atoms with E-state index in [1.54, 1.807) is 12.0 Å². The second-order valence-corrected chi connectivity index (χ2v) is 16.7. The highest BCUT2D eigenvalue weighted by Crippen LogP contribution is 2.58. The molecule has 3 heterocycles. The number of hydrogen-bond acceptors (Lipinski definition) is 6. The molecule has 0 radical (unpaired) electrons. The Morgan fingerprint density at radius 1 is 0.961 bits per heavy atom. The minimum atomic E-state index is -0.246. The van der Waals surface area contributed by atoms with E-state index in [9.17, 15) is 9.59 Å². The van der Waals surface area contributed by atoms with Crippen LogP contribution in [0.15, 0.2) is 48.9 Å². The Kier molecular flexibility index (Phi) is 10.2. The van der Waals surface area contributed by atoms with E-state index in [2.05, 4.69) is 55.0 Å². The maximum atomic E-state index is 14.4. The molecule has 2 aromatic heterocycles. The molecule has 1 saturated heterocycles. The number of aromatic nitrogens is 3. The van der Waals surface area contributed by atoms with E-state index in [0.29, 0.717) is 11.8 Å². The van der Waals surface area contributed by atoms with Gasteiger partial charge in [0.2, 0.25) is 5.91 Å². The summed E-state index contributed by atoms with van der Waals surface area (Å²) in [7, 11) is 1.74. The second kappa shape index (κ2) is 14.6. The van der Waals surface area contributed by atoms with Crippen molar-refractivity contribution in [2.75, 3.05) is 38.3 Å². The van der Waals surface area contributed by atoms with Crippen molar-refractivity contribution < 1.29 is 19.1 Å². The third kappa shape index (κ3) is 7.27. The van der Waals surface area contributed by atoms with Gasteiger partial charge >= 0.3 is 6.09 Å². The van der Waals surface area contributed by atoms with E-state index >= 15 is 0 Å². The minimum absolute atomic E-state index is 0.0629. The van der Waals surface area contributed by atoms with Crippen LogP contribution in [0.5, 0.6) is 5.75 Å². The molecular weight excluding hydrogens is 638 g/mol. The molecule has 9 nitrogen and oxygen atoms in total. The van der Waals surface area contributed by atoms with Crippen molar-refractivity contribution >= 4 is 17.8 Å². The summed E-state index contributed by atoms with van der Waals surface area (Å²) in [4.78, 5) is 35.7. The Morgan fingerprint density at radius 3 is 2.35 bits per heavy atom. The number of pyridine rings is 1. The number of fused-ring (bicyclic) bond motifs is 3. The first-order valence-corrected chi connectivity index (χ1v) is 19.5. The number of benzene rings is 1. The van der Waals surface area contributed by atoms with Crippen molar-refractivity contribution in [3.63, 3.8) is 0 Å². The normalized spacial score (nSPS) is 24.3. The lowest BCUT2D eigenvalue weighted by Crippen LogP contribution is -2.52. The van der Waals surface area contributed by atoms with Crippen LogP contribution in [0, 0.1) is 30.1 Å². The number of aryl methyl sites for hydroxylation is 1. The van der Waals surface area contributed by atoms with Crippen LogP contribution in [0.25, 0.3) is 11.1 Å². The molecule has 2 amide bonds. The molecule has 5 aliphatic rings. The van der Waals surface area contributed by atoms with Gasteiger partial charge < -0.3 is 14.4 Å². The predicted octanol–water partition coefficient (Wildman–Crippen LogP) is 8.75. The Labute approximate surface area is 304 Å². The highest BCUT2D eigenvalue weighted by molar-refractivity contribution is 5.95. The highest BCUT2D eigenvalue weighted by Gasteiger charge is 2.50. The molecule has 2 bridgehead atoms. The zero-order chi connectivity index (χ0) is 35.8. The Hall–Kier alpha value is -3.88. The number of methoxy groups -OCH3 is 1. The fourth-order valence-electron chi connectivity index (χ4n) is 9.24. The molecule has 9 heteroatoms. The zero-order valence-corrected chi connectivity index (χ0v) is 31.4. The van der Waals surface area contributed by atoms with Gasteiger partial charge in [0.25, 0.3) is 0 Å². The number of nitrogens with zero attached hydrogens (tertiary/aromatic N) is 5. The summed E-state index contributed by atoms with van der Waals surface area (Å²) in [6.07, 6.45) is 17.7. The van der Waals surface area contributed by atoms with Crippen molar-refractivity contribution in [3.05, 3.63) is 60.0 Å². The highest BCUT2D eigenvalue weighted by atomic mass is 16.6. The van der Waals surface area contributed by atoms with Crippen LogP contribution in [0.4, 0.5) is 10.6 Å². The number of carbonyl (C=O) groups excluding carboxylic acids is 2. The molecule has 1 atom stereocenters. The molecule has 0 N–H and O–H groups in total. The summed E-state index contributed by atoms with van der Waals surface area (Å²) in [6, 6.07) is 10.7. The van der Waals surface area contributed by atoms with Crippen molar-refractivity contribution in [2.45, 2.75) is 110 Å². The van der Waals surface area contributed by atoms with Gasteiger partial charge in [0.1, 0.15) is 18.2 Å². The molecule has 3 aromatic rings. The number of hydrogen-bond donors (Lipinski definition) is 0. The third-order valence-electron chi connectivity index (χ3n) is 13.1. The lowest BCUT2D eigenvalue weighted by atomic mass is 9.51. The van der Waals surface area contributed by atoms with Crippen molar-refractivity contribution in [1.82, 2.24) is 19.7 Å². The molecule has 5 fully saturated rings. The van der Waals surface area contributed by atoms with E-state index in [4.69, 9.17) is 14.5 Å². The lowest BCUT2D eigenvalue weighted by Gasteiger charge is -2.55. The third-order valence-corrected chi connectivity index (χ3v) is 13.1. The maximum absolute atomic E-state index is 14.4. The number of ether oxygens (including phenoxy) is 2. The van der Waals surface area contributed by atoms with Crippen LogP contribution in [-0.4, -0.2) is 65.0 Å². The summed E-state index contributed by atoms with van der Waals surface area (Å²) in [5.41, 5.74) is 4.91. The summed E-state index contributed by atoms with van der Waals surface area (Å²) < 4.78 is 13.1. The first kappa shape index (κ1) is 35.5. The second-order valence-electron chi connectivity index (χ2n) is 16.7. The molecule has 4 saturated carbocycles. The van der Waals surface area contributed by atoms with Gasteiger partial charge in [-0.25, -0.2) is 9.78 Å². The number of likely N-dealkylation sites (tertiary alicyclic amines) is 1. The van der Waals surface area contributed by atoms with Gasteiger partial charge in [-0.1, -0.05) is 45.2 Å². The fraction of sp³-hybridized carbons (Fsp3) is 0.619. The fourth-order valence-corrected chi connectivity index (χ4v) is 9.24. The SMILES string of the molecule is COc1ccc(C23CCC(CN(C(=O)C4CCCCC4)c4cc(-c5cnn(C(C)COC(=O)N6CC(C(C)C)C6)c5)ccn4)(CC2)CC3)cc1C. The summed E-state index contributed by atoms with van der Waals surface area (Å²) in [5, 5.41) is 4.64. The van der Waals surface area contributed by atoms with Gasteiger partial charge in [0.15, 0.2) is 0 Å². The van der Waals surface area contributed by atoms with Crippen molar-refractivity contribution in [2.24, 2.45) is 23.2 Å². The largest absolute Gasteiger partial charge is 0.496 e. The van der Waals surface area contributed by atoms with Gasteiger partial charge in [0.05, 0.1) is 19.3 Å². The van der Waals surface area contributed by atoms with Crippen LogP contribution < -0.4 is 9.64 Å². The molecule has 8 rings (SSSR count). The first-order valence-electron chi connectivity index (χ1n) is 19.5. The van der Waals surface area contributed by atoms with Gasteiger partial charge in [-0.15, -0.1) is 0 Å².